The van der Waals surface area contributed by atoms with Gasteiger partial charge < -0.3 is 19.9 Å². The molecule has 1 aliphatic rings. The molecule has 0 radical (unpaired) electrons. The van der Waals surface area contributed by atoms with Gasteiger partial charge >= 0.3 is 6.09 Å². The number of rotatable bonds is 12. The standard InChI is InChI=1S/C26H36N2O8S2/c1-19(2)16-28(38(33,34)23-11-9-21(35-3)10-12-23)17-25(29)24(15-20-7-5-4-6-8-20)27-26(30)36-22-13-14-37(31,32)18-22/h4-12,19,22,24-25,29H,13-18H2,1-3H3,(H,27,30). The summed E-state index contributed by atoms with van der Waals surface area (Å²) >= 11 is 0. The summed E-state index contributed by atoms with van der Waals surface area (Å²) in [7, 11) is -5.73. The summed E-state index contributed by atoms with van der Waals surface area (Å²) in [6.07, 6.45) is -2.49. The topological polar surface area (TPSA) is 139 Å². The van der Waals surface area contributed by atoms with Crippen LogP contribution in [0, 0.1) is 5.92 Å². The maximum Gasteiger partial charge on any atom is 0.407 e. The van der Waals surface area contributed by atoms with Gasteiger partial charge in [-0.05, 0) is 48.6 Å². The first-order valence-corrected chi connectivity index (χ1v) is 15.7. The number of alkyl carbamates (subject to hydrolysis) is 1. The van der Waals surface area contributed by atoms with E-state index >= 15 is 0 Å². The van der Waals surface area contributed by atoms with Crippen LogP contribution in [0.1, 0.15) is 25.8 Å². The molecule has 0 saturated carbocycles. The third kappa shape index (κ3) is 8.42. The van der Waals surface area contributed by atoms with Gasteiger partial charge in [-0.3, -0.25) is 0 Å². The second kappa shape index (κ2) is 12.9. The third-order valence-electron chi connectivity index (χ3n) is 6.19. The molecule has 0 spiro atoms. The maximum absolute atomic E-state index is 13.5. The lowest BCUT2D eigenvalue weighted by molar-refractivity contribution is 0.0768. The van der Waals surface area contributed by atoms with Crippen LogP contribution in [0.25, 0.3) is 0 Å². The zero-order valence-electron chi connectivity index (χ0n) is 21.8. The van der Waals surface area contributed by atoms with Gasteiger partial charge in [0.2, 0.25) is 10.0 Å². The number of methoxy groups -OCH3 is 1. The first-order chi connectivity index (χ1) is 17.9. The largest absolute Gasteiger partial charge is 0.497 e. The highest BCUT2D eigenvalue weighted by molar-refractivity contribution is 7.91. The SMILES string of the molecule is COc1ccc(S(=O)(=O)N(CC(C)C)CC(O)C(Cc2ccccc2)NC(=O)OC2CCS(=O)(=O)C2)cc1. The Kier molecular flexibility index (Phi) is 10.2. The van der Waals surface area contributed by atoms with E-state index in [1.54, 1.807) is 12.1 Å². The minimum Gasteiger partial charge on any atom is -0.497 e. The Morgan fingerprint density at radius 1 is 1.11 bits per heavy atom. The fourth-order valence-corrected chi connectivity index (χ4v) is 7.46. The minimum absolute atomic E-state index is 0.0370. The fraction of sp³-hybridized carbons (Fsp3) is 0.500. The summed E-state index contributed by atoms with van der Waals surface area (Å²) in [5, 5.41) is 13.9. The lowest BCUT2D eigenvalue weighted by atomic mass is 10.0. The molecular weight excluding hydrogens is 532 g/mol. The molecule has 3 unspecified atom stereocenters. The van der Waals surface area contributed by atoms with E-state index in [1.165, 1.54) is 23.5 Å². The molecule has 3 atom stereocenters. The molecule has 2 N–H and O–H groups in total. The number of nitrogens with zero attached hydrogens (tertiary/aromatic N) is 1. The number of benzene rings is 2. The molecule has 1 amide bonds. The highest BCUT2D eigenvalue weighted by atomic mass is 32.2. The smallest absolute Gasteiger partial charge is 0.407 e. The number of aliphatic hydroxyl groups excluding tert-OH is 1. The van der Waals surface area contributed by atoms with Crippen LogP contribution in [0.3, 0.4) is 0 Å². The monoisotopic (exact) mass is 568 g/mol. The van der Waals surface area contributed by atoms with E-state index in [1.807, 2.05) is 44.2 Å². The Balaban J connectivity index is 1.80. The van der Waals surface area contributed by atoms with Crippen LogP contribution >= 0.6 is 0 Å². The number of ether oxygens (including phenoxy) is 2. The van der Waals surface area contributed by atoms with Crippen molar-refractivity contribution in [1.82, 2.24) is 9.62 Å². The summed E-state index contributed by atoms with van der Waals surface area (Å²) in [5.41, 5.74) is 0.814. The molecule has 3 rings (SSSR count). The Hall–Kier alpha value is -2.67. The molecule has 1 heterocycles. The molecule has 2 aromatic rings. The van der Waals surface area contributed by atoms with Gasteiger partial charge in [-0.2, -0.15) is 4.31 Å². The molecule has 0 bridgehead atoms. The quantitative estimate of drug-likeness (QED) is 0.397. The van der Waals surface area contributed by atoms with Crippen molar-refractivity contribution >= 4 is 26.0 Å². The number of sulfone groups is 1. The molecule has 1 saturated heterocycles. The van der Waals surface area contributed by atoms with Crippen LogP contribution in [-0.4, -0.2) is 82.3 Å². The van der Waals surface area contributed by atoms with Crippen LogP contribution in [0.5, 0.6) is 5.75 Å². The highest BCUT2D eigenvalue weighted by Gasteiger charge is 2.34. The van der Waals surface area contributed by atoms with Crippen molar-refractivity contribution in [1.29, 1.82) is 0 Å². The van der Waals surface area contributed by atoms with E-state index in [9.17, 15) is 26.7 Å². The molecule has 10 nitrogen and oxygen atoms in total. The third-order valence-corrected chi connectivity index (χ3v) is 9.77. The van der Waals surface area contributed by atoms with Gasteiger partial charge in [-0.15, -0.1) is 0 Å². The van der Waals surface area contributed by atoms with Gasteiger partial charge in [0, 0.05) is 13.1 Å². The lowest BCUT2D eigenvalue weighted by Gasteiger charge is -2.30. The van der Waals surface area contributed by atoms with Crippen LogP contribution in [0.4, 0.5) is 4.79 Å². The first kappa shape index (κ1) is 29.9. The lowest BCUT2D eigenvalue weighted by Crippen LogP contribution is -2.51. The molecular formula is C26H36N2O8S2. The maximum atomic E-state index is 13.5. The van der Waals surface area contributed by atoms with E-state index in [0.717, 1.165) is 5.56 Å². The average Bonchev–Trinajstić information content (AvgIpc) is 3.21. The second-order valence-corrected chi connectivity index (χ2v) is 14.0. The number of aliphatic hydroxyl groups is 1. The van der Waals surface area contributed by atoms with Gasteiger partial charge in [0.15, 0.2) is 9.84 Å². The summed E-state index contributed by atoms with van der Waals surface area (Å²) in [5.74, 6) is 0.188. The zero-order chi connectivity index (χ0) is 27.9. The summed E-state index contributed by atoms with van der Waals surface area (Å²) < 4.78 is 62.1. The molecule has 38 heavy (non-hydrogen) atoms. The molecule has 1 aliphatic heterocycles. The van der Waals surface area contributed by atoms with Crippen LogP contribution in [-0.2, 0) is 31.0 Å². The fourth-order valence-electron chi connectivity index (χ4n) is 4.25. The Morgan fingerprint density at radius 3 is 2.32 bits per heavy atom. The van der Waals surface area contributed by atoms with E-state index in [0.29, 0.717) is 5.75 Å². The van der Waals surface area contributed by atoms with E-state index in [2.05, 4.69) is 5.32 Å². The van der Waals surface area contributed by atoms with Crippen molar-refractivity contribution in [3.63, 3.8) is 0 Å². The van der Waals surface area contributed by atoms with Crippen molar-refractivity contribution in [2.24, 2.45) is 5.92 Å². The predicted octanol–water partition coefficient (Wildman–Crippen LogP) is 2.23. The second-order valence-electron chi connectivity index (χ2n) is 9.83. The average molecular weight is 569 g/mol. The molecule has 0 aliphatic carbocycles. The Labute approximate surface area is 224 Å². The summed E-state index contributed by atoms with van der Waals surface area (Å²) in [6.45, 7) is 3.61. The van der Waals surface area contributed by atoms with Crippen molar-refractivity contribution in [3.05, 3.63) is 60.2 Å². The number of sulfonamides is 1. The van der Waals surface area contributed by atoms with Gasteiger partial charge in [-0.1, -0.05) is 44.2 Å². The number of nitrogens with one attached hydrogen (secondary N) is 1. The Morgan fingerprint density at radius 2 is 1.76 bits per heavy atom. The number of carbonyl (C=O) groups excluding carboxylic acids is 1. The molecule has 2 aromatic carbocycles. The minimum atomic E-state index is -3.98. The summed E-state index contributed by atoms with van der Waals surface area (Å²) in [4.78, 5) is 12.7. The normalized spacial score (nSPS) is 18.7. The molecule has 210 valence electrons. The van der Waals surface area contributed by atoms with Crippen LogP contribution in [0.2, 0.25) is 0 Å². The van der Waals surface area contributed by atoms with Crippen molar-refractivity contribution in [2.75, 3.05) is 31.7 Å². The molecule has 12 heteroatoms. The van der Waals surface area contributed by atoms with Gasteiger partial charge in [0.1, 0.15) is 11.9 Å². The van der Waals surface area contributed by atoms with Crippen LogP contribution < -0.4 is 10.1 Å². The summed E-state index contributed by atoms with van der Waals surface area (Å²) in [6, 6.07) is 14.2. The van der Waals surface area contributed by atoms with E-state index in [-0.39, 0.29) is 48.3 Å². The number of carbonyl (C=O) groups is 1. The number of hydrogen-bond acceptors (Lipinski definition) is 8. The van der Waals surface area contributed by atoms with E-state index in [4.69, 9.17) is 9.47 Å². The zero-order valence-corrected chi connectivity index (χ0v) is 23.4. The predicted molar refractivity (Wildman–Crippen MR) is 143 cm³/mol. The van der Waals surface area contributed by atoms with Gasteiger partial charge in [0.05, 0.1) is 35.7 Å². The van der Waals surface area contributed by atoms with Crippen molar-refractivity contribution < 1.29 is 36.2 Å². The van der Waals surface area contributed by atoms with E-state index < -0.39 is 44.2 Å². The molecule has 1 fully saturated rings. The van der Waals surface area contributed by atoms with Gasteiger partial charge in [0.25, 0.3) is 0 Å². The first-order valence-electron chi connectivity index (χ1n) is 12.4. The van der Waals surface area contributed by atoms with Crippen LogP contribution in [0.15, 0.2) is 59.5 Å². The Bertz CT molecular complexity index is 1270. The number of amides is 1. The van der Waals surface area contributed by atoms with Gasteiger partial charge in [-0.25, -0.2) is 21.6 Å². The van der Waals surface area contributed by atoms with Crippen molar-refractivity contribution in [3.8, 4) is 5.75 Å². The number of hydrogen-bond donors (Lipinski definition) is 2. The highest BCUT2D eigenvalue weighted by Crippen LogP contribution is 2.22. The molecule has 0 aromatic heterocycles. The van der Waals surface area contributed by atoms with Crippen molar-refractivity contribution in [2.45, 2.75) is 49.8 Å².